The second kappa shape index (κ2) is 15.1. The third-order valence-electron chi connectivity index (χ3n) is 12.3. The number of rotatable bonds is 6. The highest BCUT2D eigenvalue weighted by Gasteiger charge is 2.22. The average Bonchev–Trinajstić information content (AvgIpc) is 3.81. The van der Waals surface area contributed by atoms with Gasteiger partial charge in [0.2, 0.25) is 0 Å². The molecule has 8 aromatic carbocycles. The Morgan fingerprint density at radius 2 is 0.797 bits per heavy atom. The fraction of sp³-hybridized carbons (Fsp3) is 0.0702. The number of nitrogens with zero attached hydrogens (tertiary/aromatic N) is 7. The molecule has 11 rings (SSSR count). The first-order chi connectivity index (χ1) is 31.3. The topological polar surface area (TPSA) is 96.1 Å². The molecule has 0 atom stereocenters. The summed E-state index contributed by atoms with van der Waals surface area (Å²) in [6, 6.07) is 60.8. The van der Waals surface area contributed by atoms with E-state index in [1.165, 1.54) is 43.8 Å². The lowest BCUT2D eigenvalue weighted by molar-refractivity contribution is 1.07. The highest BCUT2D eigenvalue weighted by molar-refractivity contribution is 6.11. The molecule has 0 amide bonds. The number of aryl methyl sites for hydroxylation is 4. The Bertz CT molecular complexity index is 3680. The monoisotopic (exact) mass is 821 g/mol. The normalized spacial score (nSPS) is 11.4. The summed E-state index contributed by atoms with van der Waals surface area (Å²) in [4.78, 5) is 15.4. The summed E-state index contributed by atoms with van der Waals surface area (Å²) in [6.07, 6.45) is 0. The van der Waals surface area contributed by atoms with Crippen LogP contribution >= 0.6 is 0 Å². The molecule has 0 unspecified atom stereocenters. The zero-order valence-corrected chi connectivity index (χ0v) is 35.7. The smallest absolute Gasteiger partial charge is 0.165 e. The fourth-order valence-electron chi connectivity index (χ4n) is 9.25. The largest absolute Gasteiger partial charge is 0.309 e. The van der Waals surface area contributed by atoms with Gasteiger partial charge < -0.3 is 9.13 Å². The molecule has 0 N–H and O–H groups in total. The van der Waals surface area contributed by atoms with Crippen LogP contribution in [0.25, 0.3) is 100 Å². The molecule has 302 valence electrons. The van der Waals surface area contributed by atoms with Gasteiger partial charge in [-0.15, -0.1) is 0 Å². The number of benzene rings is 8. The highest BCUT2D eigenvalue weighted by Crippen LogP contribution is 2.40. The molecule has 0 aliphatic rings. The van der Waals surface area contributed by atoms with Crippen molar-refractivity contribution in [1.82, 2.24) is 24.1 Å². The Kier molecular flexibility index (Phi) is 9.01. The number of aromatic nitrogens is 5. The van der Waals surface area contributed by atoms with Crippen LogP contribution in [0.3, 0.4) is 0 Å². The molecule has 11 aromatic rings. The van der Waals surface area contributed by atoms with Crippen LogP contribution in [0.1, 0.15) is 33.4 Å². The van der Waals surface area contributed by atoms with Gasteiger partial charge in [-0.25, -0.2) is 15.0 Å². The predicted molar refractivity (Wildman–Crippen MR) is 259 cm³/mol. The first-order valence-electron chi connectivity index (χ1n) is 21.3. The van der Waals surface area contributed by atoms with Crippen molar-refractivity contribution >= 4 is 43.6 Å². The molecule has 3 heterocycles. The Labute approximate surface area is 370 Å². The van der Waals surface area contributed by atoms with Gasteiger partial charge in [0.25, 0.3) is 0 Å². The van der Waals surface area contributed by atoms with Crippen LogP contribution in [0.15, 0.2) is 164 Å². The molecular formula is C57H39N7. The summed E-state index contributed by atoms with van der Waals surface area (Å²) in [5, 5.41) is 26.0. The van der Waals surface area contributed by atoms with Crippen LogP contribution in [0.5, 0.6) is 0 Å². The minimum Gasteiger partial charge on any atom is -0.309 e. The number of nitriles is 2. The van der Waals surface area contributed by atoms with Crippen molar-refractivity contribution in [2.75, 3.05) is 0 Å². The van der Waals surface area contributed by atoms with Crippen molar-refractivity contribution in [2.45, 2.75) is 27.7 Å². The van der Waals surface area contributed by atoms with Gasteiger partial charge in [-0.3, -0.25) is 0 Å². The zero-order chi connectivity index (χ0) is 43.6. The lowest BCUT2D eigenvalue weighted by Gasteiger charge is -2.16. The van der Waals surface area contributed by atoms with Gasteiger partial charge in [0, 0.05) is 55.2 Å². The van der Waals surface area contributed by atoms with Crippen LogP contribution in [0, 0.1) is 50.4 Å². The van der Waals surface area contributed by atoms with Crippen LogP contribution in [0.2, 0.25) is 0 Å². The van der Waals surface area contributed by atoms with Crippen LogP contribution in [0.4, 0.5) is 0 Å². The predicted octanol–water partition coefficient (Wildman–Crippen LogP) is 13.7. The average molecular weight is 822 g/mol. The number of fused-ring (bicyclic) bond motifs is 6. The molecule has 3 aromatic heterocycles. The summed E-state index contributed by atoms with van der Waals surface area (Å²) < 4.78 is 4.52. The number of hydrogen-bond donors (Lipinski definition) is 0. The molecule has 0 radical (unpaired) electrons. The quantitative estimate of drug-likeness (QED) is 0.166. The van der Waals surface area contributed by atoms with E-state index in [4.69, 9.17) is 15.0 Å². The van der Waals surface area contributed by atoms with Gasteiger partial charge in [0.15, 0.2) is 17.5 Å². The summed E-state index contributed by atoms with van der Waals surface area (Å²) in [7, 11) is 0. The maximum absolute atomic E-state index is 10.9. The van der Waals surface area contributed by atoms with Crippen molar-refractivity contribution in [1.29, 1.82) is 10.5 Å². The first kappa shape index (κ1) is 38.3. The number of hydrogen-bond acceptors (Lipinski definition) is 5. The minimum absolute atomic E-state index is 0.372. The van der Waals surface area contributed by atoms with E-state index < -0.39 is 0 Å². The molecule has 0 fully saturated rings. The minimum atomic E-state index is 0.372. The highest BCUT2D eigenvalue weighted by atomic mass is 15.0. The third-order valence-corrected chi connectivity index (χ3v) is 12.3. The molecule has 64 heavy (non-hydrogen) atoms. The molecule has 0 saturated carbocycles. The van der Waals surface area contributed by atoms with Gasteiger partial charge in [-0.05, 0) is 124 Å². The van der Waals surface area contributed by atoms with E-state index in [-0.39, 0.29) is 0 Å². The van der Waals surface area contributed by atoms with Crippen molar-refractivity contribution in [3.05, 3.63) is 197 Å². The lowest BCUT2D eigenvalue weighted by atomic mass is 9.94. The molecule has 7 nitrogen and oxygen atoms in total. The van der Waals surface area contributed by atoms with E-state index in [9.17, 15) is 10.5 Å². The summed E-state index contributed by atoms with van der Waals surface area (Å²) >= 11 is 0. The molecule has 0 bridgehead atoms. The molecule has 0 spiro atoms. The Hall–Kier alpha value is -8.65. The second-order valence-electron chi connectivity index (χ2n) is 16.7. The van der Waals surface area contributed by atoms with E-state index in [2.05, 4.69) is 134 Å². The summed E-state index contributed by atoms with van der Waals surface area (Å²) in [5.74, 6) is 1.27. The van der Waals surface area contributed by atoms with Crippen molar-refractivity contribution in [3.63, 3.8) is 0 Å². The van der Waals surface area contributed by atoms with Gasteiger partial charge in [0.05, 0.1) is 45.3 Å². The maximum atomic E-state index is 10.9. The Morgan fingerprint density at radius 1 is 0.359 bits per heavy atom. The third kappa shape index (κ3) is 6.30. The van der Waals surface area contributed by atoms with E-state index >= 15 is 0 Å². The first-order valence-corrected chi connectivity index (χ1v) is 21.3. The molecule has 0 aliphatic carbocycles. The Morgan fingerprint density at radius 3 is 1.31 bits per heavy atom. The standard InChI is InChI=1S/C57H39N7/c1-34-14-22-51-47(26-34)48-27-35(2)15-23-52(48)63(51)41-18-20-44(40(30-41)33-59)56-60-55(38-10-6-5-7-11-38)61-57(62-56)45-21-19-42(31-46(45)43-13-9-8-12-39(43)32-58)64-53-24-16-36(3)28-49(53)50-29-37(4)17-25-54(50)64/h5-31H,1-4H3. The summed E-state index contributed by atoms with van der Waals surface area (Å²) in [6.45, 7) is 8.47. The lowest BCUT2D eigenvalue weighted by Crippen LogP contribution is -2.04. The Balaban J connectivity index is 1.14. The van der Waals surface area contributed by atoms with E-state index in [0.717, 1.165) is 55.7 Å². The second-order valence-corrected chi connectivity index (χ2v) is 16.7. The molecule has 7 heteroatoms. The van der Waals surface area contributed by atoms with E-state index in [1.54, 1.807) is 0 Å². The zero-order valence-electron chi connectivity index (χ0n) is 35.7. The molecular weight excluding hydrogens is 783 g/mol. The van der Waals surface area contributed by atoms with Crippen molar-refractivity contribution < 1.29 is 0 Å². The fourth-order valence-corrected chi connectivity index (χ4v) is 9.25. The van der Waals surface area contributed by atoms with Gasteiger partial charge in [-0.1, -0.05) is 95.1 Å². The molecule has 0 aliphatic heterocycles. The van der Waals surface area contributed by atoms with Gasteiger partial charge in [-0.2, -0.15) is 10.5 Å². The van der Waals surface area contributed by atoms with Crippen LogP contribution < -0.4 is 0 Å². The van der Waals surface area contributed by atoms with Gasteiger partial charge >= 0.3 is 0 Å². The van der Waals surface area contributed by atoms with Crippen LogP contribution in [-0.4, -0.2) is 24.1 Å². The SMILES string of the molecule is Cc1ccc2c(c1)c1cc(C)ccc1n2-c1ccc(-c2nc(-c3ccccc3)nc(-c3ccc(-n4c5ccc(C)cc5c5cc(C)ccc54)cc3-c3ccccc3C#N)n2)c(C#N)c1. The van der Waals surface area contributed by atoms with Crippen molar-refractivity contribution in [3.8, 4) is 68.8 Å². The van der Waals surface area contributed by atoms with Crippen LogP contribution in [-0.2, 0) is 0 Å². The summed E-state index contributed by atoms with van der Waals surface area (Å²) in [5.41, 5.74) is 15.5. The van der Waals surface area contributed by atoms with Gasteiger partial charge in [0.1, 0.15) is 0 Å². The van der Waals surface area contributed by atoms with E-state index in [0.29, 0.717) is 34.2 Å². The maximum Gasteiger partial charge on any atom is 0.165 e. The molecule has 0 saturated heterocycles. The van der Waals surface area contributed by atoms with E-state index in [1.807, 2.05) is 78.9 Å². The van der Waals surface area contributed by atoms with Crippen molar-refractivity contribution in [2.24, 2.45) is 0 Å².